The lowest BCUT2D eigenvalue weighted by atomic mass is 9.93. The predicted octanol–water partition coefficient (Wildman–Crippen LogP) is 5.90. The van der Waals surface area contributed by atoms with Crippen molar-refractivity contribution in [3.63, 3.8) is 0 Å². The average Bonchev–Trinajstić information content (AvgIpc) is 2.72. The molecule has 0 atom stereocenters. The third kappa shape index (κ3) is 4.58. The average molecular weight is 440 g/mol. The van der Waals surface area contributed by atoms with Gasteiger partial charge in [0.25, 0.3) is 0 Å². The van der Waals surface area contributed by atoms with Gasteiger partial charge in [0, 0.05) is 16.0 Å². The first-order valence-corrected chi connectivity index (χ1v) is 10.4. The maximum Gasteiger partial charge on any atom is 0.524 e. The number of ether oxygens (including phenoxy) is 1. The van der Waals surface area contributed by atoms with E-state index >= 15 is 0 Å². The molecule has 29 heavy (non-hydrogen) atoms. The van der Waals surface area contributed by atoms with Crippen LogP contribution in [-0.2, 0) is 13.7 Å². The van der Waals surface area contributed by atoms with Gasteiger partial charge in [0.1, 0.15) is 5.75 Å². The lowest BCUT2D eigenvalue weighted by Crippen LogP contribution is -2.23. The van der Waals surface area contributed by atoms with Crippen LogP contribution in [0.5, 0.6) is 5.75 Å². The van der Waals surface area contributed by atoms with Gasteiger partial charge in [-0.05, 0) is 23.3 Å². The number of methoxy groups -OCH3 is 1. The Morgan fingerprint density at radius 2 is 1.31 bits per heavy atom. The molecule has 0 saturated heterocycles. The SMILES string of the molecule is COc1ccc(SOS(=O)(=O)C(F)(F)F)c(-c2ccccc2)c1-c1ccccc1. The fourth-order valence-corrected chi connectivity index (χ4v) is 4.09. The van der Waals surface area contributed by atoms with E-state index in [0.717, 1.165) is 5.56 Å². The van der Waals surface area contributed by atoms with Gasteiger partial charge in [-0.15, -0.1) is 0 Å². The minimum absolute atomic E-state index is 0.140. The van der Waals surface area contributed by atoms with Crippen molar-refractivity contribution in [2.45, 2.75) is 10.4 Å². The monoisotopic (exact) mass is 440 g/mol. The summed E-state index contributed by atoms with van der Waals surface area (Å²) in [5.41, 5.74) is -2.98. The van der Waals surface area contributed by atoms with Crippen molar-refractivity contribution in [1.82, 2.24) is 0 Å². The molecule has 0 spiro atoms. The summed E-state index contributed by atoms with van der Waals surface area (Å²) in [7, 11) is -4.28. The van der Waals surface area contributed by atoms with E-state index in [9.17, 15) is 21.6 Å². The van der Waals surface area contributed by atoms with Gasteiger partial charge in [-0.1, -0.05) is 60.7 Å². The number of hydrogen-bond donors (Lipinski definition) is 0. The van der Waals surface area contributed by atoms with Crippen molar-refractivity contribution in [1.29, 1.82) is 0 Å². The zero-order chi connectivity index (χ0) is 21.1. The van der Waals surface area contributed by atoms with E-state index in [2.05, 4.69) is 3.63 Å². The molecule has 9 heteroatoms. The molecule has 0 aliphatic carbocycles. The van der Waals surface area contributed by atoms with Gasteiger partial charge in [0.15, 0.2) is 0 Å². The Hall–Kier alpha value is -2.49. The van der Waals surface area contributed by atoms with Gasteiger partial charge >= 0.3 is 15.6 Å². The van der Waals surface area contributed by atoms with Crippen LogP contribution >= 0.6 is 12.0 Å². The van der Waals surface area contributed by atoms with Crippen molar-refractivity contribution in [2.75, 3.05) is 7.11 Å². The minimum Gasteiger partial charge on any atom is -0.496 e. The van der Waals surface area contributed by atoms with E-state index in [4.69, 9.17) is 4.74 Å². The molecule has 3 rings (SSSR count). The fourth-order valence-electron chi connectivity index (χ4n) is 2.71. The number of alkyl halides is 3. The molecule has 3 aromatic carbocycles. The van der Waals surface area contributed by atoms with Crippen LogP contribution < -0.4 is 4.74 Å². The van der Waals surface area contributed by atoms with E-state index in [1.807, 2.05) is 30.3 Å². The summed E-state index contributed by atoms with van der Waals surface area (Å²) in [5.74, 6) is 0.484. The molecular weight excluding hydrogens is 425 g/mol. The molecule has 0 amide bonds. The standard InChI is InChI=1S/C20H15F3O4S2/c1-26-16-12-13-17(28-27-29(24,25)20(21,22)23)19(15-10-6-3-7-11-15)18(16)14-8-4-2-5-9-14/h2-13H,1H3. The Morgan fingerprint density at radius 1 is 0.793 bits per heavy atom. The molecule has 152 valence electrons. The Kier molecular flexibility index (Phi) is 6.21. The number of rotatable bonds is 6. The van der Waals surface area contributed by atoms with Crippen molar-refractivity contribution in [3.8, 4) is 28.0 Å². The van der Waals surface area contributed by atoms with E-state index in [-0.39, 0.29) is 16.9 Å². The molecule has 0 radical (unpaired) electrons. The van der Waals surface area contributed by atoms with Gasteiger partial charge in [0.05, 0.1) is 19.2 Å². The zero-order valence-corrected chi connectivity index (χ0v) is 16.6. The highest BCUT2D eigenvalue weighted by atomic mass is 32.3. The summed E-state index contributed by atoms with van der Waals surface area (Å²) >= 11 is 0.140. The van der Waals surface area contributed by atoms with Gasteiger partial charge in [-0.3, -0.25) is 0 Å². The van der Waals surface area contributed by atoms with E-state index in [1.54, 1.807) is 36.4 Å². The van der Waals surface area contributed by atoms with Crippen LogP contribution in [-0.4, -0.2) is 21.0 Å². The summed E-state index contributed by atoms with van der Waals surface area (Å²) in [5, 5.41) is 0. The van der Waals surface area contributed by atoms with Crippen LogP contribution in [0.3, 0.4) is 0 Å². The number of hydrogen-bond acceptors (Lipinski definition) is 5. The molecule has 0 saturated carbocycles. The first kappa shape index (κ1) is 21.2. The summed E-state index contributed by atoms with van der Waals surface area (Å²) in [6, 6.07) is 21.0. The van der Waals surface area contributed by atoms with Crippen LogP contribution in [0, 0.1) is 0 Å². The van der Waals surface area contributed by atoms with Crippen LogP contribution in [0.25, 0.3) is 22.3 Å². The van der Waals surface area contributed by atoms with Crippen molar-refractivity contribution in [2.24, 2.45) is 0 Å². The molecule has 0 bridgehead atoms. The smallest absolute Gasteiger partial charge is 0.496 e. The summed E-state index contributed by atoms with van der Waals surface area (Å²) in [4.78, 5) is 0.198. The third-order valence-electron chi connectivity index (χ3n) is 3.97. The second kappa shape index (κ2) is 8.48. The first-order valence-electron chi connectivity index (χ1n) is 8.24. The second-order valence-corrected chi connectivity index (χ2v) is 8.32. The lowest BCUT2D eigenvalue weighted by molar-refractivity contribution is -0.0494. The summed E-state index contributed by atoms with van der Waals surface area (Å²) in [6.45, 7) is 0. The maximum atomic E-state index is 12.7. The Morgan fingerprint density at radius 3 is 1.79 bits per heavy atom. The molecule has 3 aromatic rings. The molecular formula is C20H15F3O4S2. The third-order valence-corrected chi connectivity index (χ3v) is 6.05. The summed E-state index contributed by atoms with van der Waals surface area (Å²) < 4.78 is 70.4. The maximum absolute atomic E-state index is 12.7. The Balaban J connectivity index is 2.20. The van der Waals surface area contributed by atoms with Crippen molar-refractivity contribution < 1.29 is 30.0 Å². The van der Waals surface area contributed by atoms with Crippen molar-refractivity contribution >= 4 is 22.2 Å². The largest absolute Gasteiger partial charge is 0.524 e. The second-order valence-electron chi connectivity index (χ2n) is 5.80. The van der Waals surface area contributed by atoms with Crippen LogP contribution in [0.15, 0.2) is 77.7 Å². The van der Waals surface area contributed by atoms with Crippen LogP contribution in [0.4, 0.5) is 13.2 Å². The van der Waals surface area contributed by atoms with Crippen LogP contribution in [0.2, 0.25) is 0 Å². The van der Waals surface area contributed by atoms with Crippen molar-refractivity contribution in [3.05, 3.63) is 72.8 Å². The molecule has 0 fully saturated rings. The highest BCUT2D eigenvalue weighted by Crippen LogP contribution is 2.45. The molecule has 4 nitrogen and oxygen atoms in total. The van der Waals surface area contributed by atoms with Gasteiger partial charge in [-0.25, -0.2) is 0 Å². The van der Waals surface area contributed by atoms with Gasteiger partial charge in [-0.2, -0.15) is 25.2 Å². The molecule has 0 heterocycles. The molecule has 0 aromatic heterocycles. The van der Waals surface area contributed by atoms with Gasteiger partial charge < -0.3 is 4.74 Å². The number of benzene rings is 3. The Labute approximate surface area is 170 Å². The van der Waals surface area contributed by atoms with E-state index in [0.29, 0.717) is 22.4 Å². The lowest BCUT2D eigenvalue weighted by Gasteiger charge is -2.18. The van der Waals surface area contributed by atoms with Crippen LogP contribution in [0.1, 0.15) is 0 Å². The van der Waals surface area contributed by atoms with E-state index < -0.39 is 15.6 Å². The molecule has 0 aliphatic heterocycles. The Bertz CT molecular complexity index is 1080. The predicted molar refractivity (Wildman–Crippen MR) is 106 cm³/mol. The normalized spacial score (nSPS) is 12.0. The molecule has 0 N–H and O–H groups in total. The topological polar surface area (TPSA) is 52.6 Å². The van der Waals surface area contributed by atoms with Gasteiger partial charge in [0.2, 0.25) is 0 Å². The fraction of sp³-hybridized carbons (Fsp3) is 0.100. The zero-order valence-electron chi connectivity index (χ0n) is 15.0. The quantitative estimate of drug-likeness (QED) is 0.353. The highest BCUT2D eigenvalue weighted by molar-refractivity contribution is 8.04. The molecule has 0 aliphatic rings. The first-order chi connectivity index (χ1) is 13.7. The number of halogens is 3. The molecule has 0 unspecified atom stereocenters. The minimum atomic E-state index is -5.76. The summed E-state index contributed by atoms with van der Waals surface area (Å²) in [6.07, 6.45) is 0. The van der Waals surface area contributed by atoms with E-state index in [1.165, 1.54) is 13.2 Å². The highest BCUT2D eigenvalue weighted by Gasteiger charge is 2.48.